The summed E-state index contributed by atoms with van der Waals surface area (Å²) in [5.41, 5.74) is 0.853. The maximum Gasteiger partial charge on any atom is 0.256 e. The second kappa shape index (κ2) is 7.05. The van der Waals surface area contributed by atoms with Crippen molar-refractivity contribution in [1.29, 1.82) is 0 Å². The molecule has 2 atom stereocenters. The van der Waals surface area contributed by atoms with Gasteiger partial charge in [0.2, 0.25) is 0 Å². The van der Waals surface area contributed by atoms with Crippen LogP contribution in [0.25, 0.3) is 11.5 Å². The number of nitrogens with zero attached hydrogens (tertiary/aromatic N) is 5. The van der Waals surface area contributed by atoms with Crippen LogP contribution in [0.3, 0.4) is 0 Å². The summed E-state index contributed by atoms with van der Waals surface area (Å²) in [7, 11) is 0. The Labute approximate surface area is 175 Å². The van der Waals surface area contributed by atoms with Gasteiger partial charge in [-0.15, -0.1) is 10.2 Å². The Morgan fingerprint density at radius 1 is 1.17 bits per heavy atom. The lowest BCUT2D eigenvalue weighted by Gasteiger charge is -2.45. The number of fused-ring (bicyclic) bond motifs is 4. The molecule has 2 bridgehead atoms. The Kier molecular flexibility index (Phi) is 4.49. The molecule has 0 radical (unpaired) electrons. The van der Waals surface area contributed by atoms with Crippen molar-refractivity contribution < 1.29 is 13.9 Å². The molecule has 1 saturated heterocycles. The Morgan fingerprint density at radius 3 is 2.83 bits per heavy atom. The first-order valence-corrected chi connectivity index (χ1v) is 9.69. The summed E-state index contributed by atoms with van der Waals surface area (Å²) in [5, 5.41) is 9.08. The lowest BCUT2D eigenvalue weighted by Crippen LogP contribution is -2.56. The van der Waals surface area contributed by atoms with Crippen LogP contribution in [0.15, 0.2) is 36.5 Å². The Hall–Kier alpha value is -2.55. The third-order valence-corrected chi connectivity index (χ3v) is 5.98. The summed E-state index contributed by atoms with van der Waals surface area (Å²) in [5.74, 6) is 0.470. The molecule has 0 saturated carbocycles. The number of hydrogen-bond acceptors (Lipinski definition) is 5. The van der Waals surface area contributed by atoms with Gasteiger partial charge >= 0.3 is 0 Å². The van der Waals surface area contributed by atoms with Crippen LogP contribution in [-0.2, 0) is 11.3 Å². The highest BCUT2D eigenvalue weighted by Gasteiger charge is 2.44. The van der Waals surface area contributed by atoms with E-state index < -0.39 is 11.9 Å². The highest BCUT2D eigenvalue weighted by molar-refractivity contribution is 6.43. The fourth-order valence-electron chi connectivity index (χ4n) is 3.84. The number of carbonyl (C=O) groups excluding carboxylic acids is 1. The van der Waals surface area contributed by atoms with Crippen LogP contribution in [0, 0.1) is 5.82 Å². The first kappa shape index (κ1) is 18.5. The van der Waals surface area contributed by atoms with Crippen molar-refractivity contribution in [2.45, 2.75) is 18.6 Å². The van der Waals surface area contributed by atoms with Gasteiger partial charge in [0, 0.05) is 6.54 Å². The molecular weight excluding hydrogens is 420 g/mol. The highest BCUT2D eigenvalue weighted by atomic mass is 35.5. The number of hydrogen-bond donors (Lipinski definition) is 0. The first-order chi connectivity index (χ1) is 14.0. The molecule has 2 unspecified atom stereocenters. The number of amides is 1. The number of benzene rings is 1. The molecule has 29 heavy (non-hydrogen) atoms. The second-order valence-electron chi connectivity index (χ2n) is 6.87. The van der Waals surface area contributed by atoms with Crippen molar-refractivity contribution in [2.24, 2.45) is 0 Å². The number of halogens is 3. The van der Waals surface area contributed by atoms with E-state index in [2.05, 4.69) is 15.2 Å². The molecule has 2 aromatic heterocycles. The molecule has 0 spiro atoms. The van der Waals surface area contributed by atoms with Crippen LogP contribution in [0.4, 0.5) is 4.39 Å². The molecule has 1 fully saturated rings. The van der Waals surface area contributed by atoms with E-state index in [1.165, 1.54) is 6.07 Å². The number of pyridine rings is 1. The minimum absolute atomic E-state index is 0.224. The highest BCUT2D eigenvalue weighted by Crippen LogP contribution is 2.37. The molecule has 2 aliphatic rings. The molecular formula is C19H14Cl2FN5O2. The molecule has 7 nitrogen and oxygen atoms in total. The van der Waals surface area contributed by atoms with Crippen LogP contribution >= 0.6 is 23.2 Å². The zero-order chi connectivity index (χ0) is 20.1. The van der Waals surface area contributed by atoms with E-state index in [4.69, 9.17) is 27.9 Å². The maximum absolute atomic E-state index is 13.3. The largest absolute Gasteiger partial charge is 0.377 e. The van der Waals surface area contributed by atoms with Crippen molar-refractivity contribution in [3.8, 4) is 11.5 Å². The van der Waals surface area contributed by atoms with Gasteiger partial charge in [-0.05, 0) is 24.3 Å². The number of ether oxygens (including phenoxy) is 1. The molecule has 4 heterocycles. The molecule has 1 amide bonds. The Balaban J connectivity index is 1.55. The number of aromatic nitrogens is 4. The van der Waals surface area contributed by atoms with Gasteiger partial charge in [-0.3, -0.25) is 4.79 Å². The molecule has 0 aliphatic carbocycles. The standard InChI is InChI=1S/C19H14Cl2FN5O2/c20-13-3-1-2-12(16(13)21)19(28)27-11-7-26-17(14-5-4-10(22)6-23-14)24-25-18(26)15(27)9-29-8-11/h1-6,11,15H,7-9H2. The van der Waals surface area contributed by atoms with Gasteiger partial charge in [0.1, 0.15) is 17.6 Å². The minimum atomic E-state index is -0.424. The molecule has 3 aromatic rings. The molecule has 148 valence electrons. The molecule has 2 aliphatic heterocycles. The molecule has 1 aromatic carbocycles. The fraction of sp³-hybridized carbons (Fsp3) is 0.263. The average Bonchev–Trinajstić information content (AvgIpc) is 3.13. The monoisotopic (exact) mass is 433 g/mol. The number of morpholine rings is 1. The quantitative estimate of drug-likeness (QED) is 0.619. The minimum Gasteiger partial charge on any atom is -0.377 e. The van der Waals surface area contributed by atoms with Crippen molar-refractivity contribution >= 4 is 29.1 Å². The molecule has 10 heteroatoms. The zero-order valence-electron chi connectivity index (χ0n) is 14.9. The van der Waals surface area contributed by atoms with Crippen molar-refractivity contribution in [3.63, 3.8) is 0 Å². The summed E-state index contributed by atoms with van der Waals surface area (Å²) < 4.78 is 20.8. The van der Waals surface area contributed by atoms with E-state index >= 15 is 0 Å². The van der Waals surface area contributed by atoms with Gasteiger partial charge in [0.25, 0.3) is 5.91 Å². The van der Waals surface area contributed by atoms with Gasteiger partial charge in [-0.1, -0.05) is 29.3 Å². The lowest BCUT2D eigenvalue weighted by molar-refractivity contribution is -0.0569. The van der Waals surface area contributed by atoms with E-state index in [1.54, 1.807) is 29.2 Å². The Bertz CT molecular complexity index is 1100. The molecule has 0 N–H and O–H groups in total. The lowest BCUT2D eigenvalue weighted by atomic mass is 10.0. The summed E-state index contributed by atoms with van der Waals surface area (Å²) >= 11 is 12.4. The third kappa shape index (κ3) is 2.99. The van der Waals surface area contributed by atoms with Crippen LogP contribution in [0.5, 0.6) is 0 Å². The summed E-state index contributed by atoms with van der Waals surface area (Å²) in [6.07, 6.45) is 1.14. The van der Waals surface area contributed by atoms with Gasteiger partial charge < -0.3 is 14.2 Å². The van der Waals surface area contributed by atoms with Gasteiger partial charge in [0.15, 0.2) is 11.6 Å². The van der Waals surface area contributed by atoms with Crippen LogP contribution < -0.4 is 0 Å². The van der Waals surface area contributed by atoms with Crippen molar-refractivity contribution in [3.05, 3.63) is 63.8 Å². The van der Waals surface area contributed by atoms with Crippen LogP contribution in [0.1, 0.15) is 22.2 Å². The number of rotatable bonds is 2. The average molecular weight is 434 g/mol. The molecule has 5 rings (SSSR count). The van der Waals surface area contributed by atoms with E-state index in [-0.39, 0.29) is 23.6 Å². The van der Waals surface area contributed by atoms with Crippen LogP contribution in [0.2, 0.25) is 10.0 Å². The summed E-state index contributed by atoms with van der Waals surface area (Å²) in [6.45, 7) is 1.08. The van der Waals surface area contributed by atoms with E-state index in [0.717, 1.165) is 6.20 Å². The second-order valence-corrected chi connectivity index (χ2v) is 7.66. The smallest absolute Gasteiger partial charge is 0.256 e. The summed E-state index contributed by atoms with van der Waals surface area (Å²) in [4.78, 5) is 19.2. The SMILES string of the molecule is O=C(c1cccc(Cl)c1Cl)N1C2COCC1c1nnc(-c3ccc(F)cn3)n1C2. The van der Waals surface area contributed by atoms with Crippen molar-refractivity contribution in [1.82, 2.24) is 24.6 Å². The first-order valence-electron chi connectivity index (χ1n) is 8.94. The van der Waals surface area contributed by atoms with Gasteiger partial charge in [-0.2, -0.15) is 0 Å². The predicted molar refractivity (Wildman–Crippen MR) is 103 cm³/mol. The third-order valence-electron chi connectivity index (χ3n) is 5.16. The topological polar surface area (TPSA) is 73.1 Å². The zero-order valence-corrected chi connectivity index (χ0v) is 16.4. The Morgan fingerprint density at radius 2 is 2.03 bits per heavy atom. The van der Waals surface area contributed by atoms with E-state index in [1.807, 2.05) is 4.57 Å². The van der Waals surface area contributed by atoms with Gasteiger partial charge in [-0.25, -0.2) is 9.37 Å². The van der Waals surface area contributed by atoms with Crippen LogP contribution in [-0.4, -0.2) is 49.8 Å². The van der Waals surface area contributed by atoms with E-state index in [9.17, 15) is 9.18 Å². The summed E-state index contributed by atoms with van der Waals surface area (Å²) in [6, 6.07) is 7.21. The normalized spacial score (nSPS) is 20.4. The fourth-order valence-corrected chi connectivity index (χ4v) is 4.22. The number of carbonyl (C=O) groups is 1. The van der Waals surface area contributed by atoms with Crippen molar-refractivity contribution in [2.75, 3.05) is 13.2 Å². The van der Waals surface area contributed by atoms with E-state index in [0.29, 0.717) is 41.1 Å². The van der Waals surface area contributed by atoms with Gasteiger partial charge in [0.05, 0.1) is 41.1 Å². The predicted octanol–water partition coefficient (Wildman–Crippen LogP) is 3.38. The maximum atomic E-state index is 13.3.